The summed E-state index contributed by atoms with van der Waals surface area (Å²) in [6.45, 7) is 6.88. The van der Waals surface area contributed by atoms with E-state index in [1.54, 1.807) is 0 Å². The van der Waals surface area contributed by atoms with Crippen LogP contribution in [0.3, 0.4) is 0 Å². The molecule has 1 aromatic heterocycles. The first-order valence-corrected chi connectivity index (χ1v) is 5.71. The van der Waals surface area contributed by atoms with E-state index in [1.807, 2.05) is 6.07 Å². The highest BCUT2D eigenvalue weighted by Crippen LogP contribution is 2.27. The molecule has 4 heteroatoms. The number of aromatic nitrogens is 2. The van der Waals surface area contributed by atoms with Gasteiger partial charge in [-0.25, -0.2) is 0 Å². The number of nitrogen functional groups attached to an aromatic ring is 1. The smallest absolute Gasteiger partial charge is 0.145 e. The number of nitrogens with zero attached hydrogens (tertiary/aromatic N) is 2. The highest BCUT2D eigenvalue weighted by Gasteiger charge is 2.22. The Hall–Kier alpha value is -1.03. The fraction of sp³-hybridized carbons (Fsp3) is 0.727. The van der Waals surface area contributed by atoms with Gasteiger partial charge in [0.1, 0.15) is 5.82 Å². The predicted octanol–water partition coefficient (Wildman–Crippen LogP) is 1.58. The number of nitrogens with one attached hydrogen (secondary N) is 1. The Bertz CT molecular complexity index is 310. The molecule has 0 saturated carbocycles. The zero-order valence-electron chi connectivity index (χ0n) is 9.53. The molecule has 84 valence electrons. The van der Waals surface area contributed by atoms with Crippen LogP contribution < -0.4 is 5.73 Å². The van der Waals surface area contributed by atoms with E-state index in [9.17, 15) is 0 Å². The van der Waals surface area contributed by atoms with Gasteiger partial charge in [-0.05, 0) is 39.8 Å². The van der Waals surface area contributed by atoms with Crippen LogP contribution in [-0.2, 0) is 0 Å². The molecule has 1 aliphatic heterocycles. The zero-order valence-corrected chi connectivity index (χ0v) is 9.53. The fourth-order valence-corrected chi connectivity index (χ4v) is 2.29. The van der Waals surface area contributed by atoms with Crippen LogP contribution in [0.2, 0.25) is 0 Å². The molecule has 2 rings (SSSR count). The first-order chi connectivity index (χ1) is 7.16. The molecule has 0 atom stereocenters. The van der Waals surface area contributed by atoms with Gasteiger partial charge in [-0.2, -0.15) is 5.10 Å². The number of hydrogen-bond donors (Lipinski definition) is 2. The SMILES string of the molecule is CC(C)N1CCC(c2cc(N)n[nH]2)CC1. The highest BCUT2D eigenvalue weighted by molar-refractivity contribution is 5.30. The molecule has 4 nitrogen and oxygen atoms in total. The number of anilines is 1. The topological polar surface area (TPSA) is 57.9 Å². The van der Waals surface area contributed by atoms with E-state index in [0.29, 0.717) is 17.8 Å². The van der Waals surface area contributed by atoms with Gasteiger partial charge < -0.3 is 10.6 Å². The van der Waals surface area contributed by atoms with Crippen molar-refractivity contribution in [2.75, 3.05) is 18.8 Å². The van der Waals surface area contributed by atoms with Crippen LogP contribution in [0.5, 0.6) is 0 Å². The zero-order chi connectivity index (χ0) is 10.8. The van der Waals surface area contributed by atoms with Crippen molar-refractivity contribution in [2.45, 2.75) is 38.6 Å². The summed E-state index contributed by atoms with van der Waals surface area (Å²) in [5, 5.41) is 7.01. The third-order valence-electron chi connectivity index (χ3n) is 3.32. The number of aromatic amines is 1. The molecule has 0 aromatic carbocycles. The quantitative estimate of drug-likeness (QED) is 0.775. The minimum absolute atomic E-state index is 0.608. The van der Waals surface area contributed by atoms with Gasteiger partial charge in [0.05, 0.1) is 0 Å². The second kappa shape index (κ2) is 4.23. The maximum Gasteiger partial charge on any atom is 0.145 e. The fourth-order valence-electron chi connectivity index (χ4n) is 2.29. The molecule has 0 bridgehead atoms. The van der Waals surface area contributed by atoms with Crippen LogP contribution in [0.4, 0.5) is 5.82 Å². The van der Waals surface area contributed by atoms with E-state index in [2.05, 4.69) is 28.9 Å². The van der Waals surface area contributed by atoms with Crippen LogP contribution in [0.25, 0.3) is 0 Å². The van der Waals surface area contributed by atoms with Crippen LogP contribution >= 0.6 is 0 Å². The summed E-state index contributed by atoms with van der Waals surface area (Å²) in [5.41, 5.74) is 6.81. The normalized spacial score (nSPS) is 19.9. The number of likely N-dealkylation sites (tertiary alicyclic amines) is 1. The Morgan fingerprint density at radius 2 is 2.13 bits per heavy atom. The molecule has 3 N–H and O–H groups in total. The average molecular weight is 208 g/mol. The lowest BCUT2D eigenvalue weighted by Gasteiger charge is -2.34. The first kappa shape index (κ1) is 10.5. The lowest BCUT2D eigenvalue weighted by molar-refractivity contribution is 0.171. The average Bonchev–Trinajstić information content (AvgIpc) is 2.65. The van der Waals surface area contributed by atoms with Crippen LogP contribution in [0.1, 0.15) is 38.3 Å². The molecule has 1 fully saturated rings. The van der Waals surface area contributed by atoms with Gasteiger partial charge in [0.25, 0.3) is 0 Å². The minimum atomic E-state index is 0.608. The van der Waals surface area contributed by atoms with Gasteiger partial charge >= 0.3 is 0 Å². The van der Waals surface area contributed by atoms with Crippen LogP contribution in [0.15, 0.2) is 6.07 Å². The lowest BCUT2D eigenvalue weighted by atomic mass is 9.93. The maximum absolute atomic E-state index is 5.61. The largest absolute Gasteiger partial charge is 0.382 e. The summed E-state index contributed by atoms with van der Waals surface area (Å²) < 4.78 is 0. The Morgan fingerprint density at radius 3 is 2.60 bits per heavy atom. The summed E-state index contributed by atoms with van der Waals surface area (Å²) >= 11 is 0. The van der Waals surface area contributed by atoms with E-state index in [-0.39, 0.29) is 0 Å². The molecule has 0 radical (unpaired) electrons. The standard InChI is InChI=1S/C11H20N4/c1-8(2)15-5-3-9(4-6-15)10-7-11(12)14-13-10/h7-9H,3-6H2,1-2H3,(H3,12,13,14). The molecular formula is C11H20N4. The molecule has 1 aliphatic rings. The molecule has 15 heavy (non-hydrogen) atoms. The minimum Gasteiger partial charge on any atom is -0.382 e. The van der Waals surface area contributed by atoms with E-state index in [1.165, 1.54) is 31.6 Å². The molecule has 1 saturated heterocycles. The van der Waals surface area contributed by atoms with Crippen molar-refractivity contribution in [1.82, 2.24) is 15.1 Å². The third-order valence-corrected chi connectivity index (χ3v) is 3.32. The third kappa shape index (κ3) is 2.31. The van der Waals surface area contributed by atoms with Crippen molar-refractivity contribution >= 4 is 5.82 Å². The predicted molar refractivity (Wildman–Crippen MR) is 61.7 cm³/mol. The van der Waals surface area contributed by atoms with Gasteiger partial charge in [0.2, 0.25) is 0 Å². The summed E-state index contributed by atoms with van der Waals surface area (Å²) in [5.74, 6) is 1.22. The summed E-state index contributed by atoms with van der Waals surface area (Å²) in [6, 6.07) is 2.63. The monoisotopic (exact) mass is 208 g/mol. The van der Waals surface area contributed by atoms with Gasteiger partial charge in [-0.15, -0.1) is 0 Å². The second-order valence-corrected chi connectivity index (χ2v) is 4.65. The van der Waals surface area contributed by atoms with Crippen molar-refractivity contribution in [3.8, 4) is 0 Å². The molecule has 0 unspecified atom stereocenters. The van der Waals surface area contributed by atoms with E-state index < -0.39 is 0 Å². The molecule has 1 aromatic rings. The van der Waals surface area contributed by atoms with Crippen molar-refractivity contribution in [1.29, 1.82) is 0 Å². The first-order valence-electron chi connectivity index (χ1n) is 5.71. The highest BCUT2D eigenvalue weighted by atomic mass is 15.2. The summed E-state index contributed by atoms with van der Waals surface area (Å²) in [4.78, 5) is 2.52. The van der Waals surface area contributed by atoms with Crippen molar-refractivity contribution in [3.63, 3.8) is 0 Å². The molecular weight excluding hydrogens is 188 g/mol. The summed E-state index contributed by atoms with van der Waals surface area (Å²) in [6.07, 6.45) is 2.42. The van der Waals surface area contributed by atoms with Gasteiger partial charge in [0.15, 0.2) is 0 Å². The molecule has 0 spiro atoms. The van der Waals surface area contributed by atoms with Crippen LogP contribution in [0, 0.1) is 0 Å². The lowest BCUT2D eigenvalue weighted by Crippen LogP contribution is -2.37. The second-order valence-electron chi connectivity index (χ2n) is 4.65. The number of piperidine rings is 1. The van der Waals surface area contributed by atoms with E-state index in [4.69, 9.17) is 5.73 Å². The van der Waals surface area contributed by atoms with Crippen molar-refractivity contribution in [3.05, 3.63) is 11.8 Å². The number of hydrogen-bond acceptors (Lipinski definition) is 3. The van der Waals surface area contributed by atoms with E-state index in [0.717, 1.165) is 0 Å². The van der Waals surface area contributed by atoms with E-state index >= 15 is 0 Å². The summed E-state index contributed by atoms with van der Waals surface area (Å²) in [7, 11) is 0. The Balaban J connectivity index is 1.93. The van der Waals surface area contributed by atoms with Gasteiger partial charge in [-0.3, -0.25) is 5.10 Å². The number of nitrogens with two attached hydrogens (primary N) is 1. The Kier molecular flexibility index (Phi) is 2.95. The molecule has 0 aliphatic carbocycles. The Labute approximate surface area is 90.8 Å². The number of rotatable bonds is 2. The Morgan fingerprint density at radius 1 is 1.47 bits per heavy atom. The maximum atomic E-state index is 5.61. The van der Waals surface area contributed by atoms with Crippen molar-refractivity contribution < 1.29 is 0 Å². The molecule has 0 amide bonds. The number of H-pyrrole nitrogens is 1. The van der Waals surface area contributed by atoms with Crippen molar-refractivity contribution in [2.24, 2.45) is 0 Å². The van der Waals surface area contributed by atoms with Crippen LogP contribution in [-0.4, -0.2) is 34.2 Å². The van der Waals surface area contributed by atoms with Gasteiger partial charge in [0, 0.05) is 23.7 Å². The van der Waals surface area contributed by atoms with Gasteiger partial charge in [-0.1, -0.05) is 0 Å². The molecule has 2 heterocycles.